The van der Waals surface area contributed by atoms with Gasteiger partial charge in [-0.3, -0.25) is 9.69 Å². The summed E-state index contributed by atoms with van der Waals surface area (Å²) in [7, 11) is 1.57. The lowest BCUT2D eigenvalue weighted by Crippen LogP contribution is -2.25. The standard InChI is InChI=1S/C12H13BrN2O2/c1-3-8-4-11(16)15(7-8)12-10(17-2)5-9(13)6-14-12/h3,5-6,8H,1,4,7H2,2H3. The van der Waals surface area contributed by atoms with Gasteiger partial charge in [-0.15, -0.1) is 6.58 Å². The molecule has 1 aromatic rings. The molecule has 0 radical (unpaired) electrons. The molecule has 0 N–H and O–H groups in total. The van der Waals surface area contributed by atoms with E-state index in [-0.39, 0.29) is 11.8 Å². The molecule has 0 bridgehead atoms. The van der Waals surface area contributed by atoms with Gasteiger partial charge in [-0.25, -0.2) is 4.98 Å². The number of hydrogen-bond acceptors (Lipinski definition) is 3. The van der Waals surface area contributed by atoms with E-state index >= 15 is 0 Å². The number of nitrogens with zero attached hydrogens (tertiary/aromatic N) is 2. The van der Waals surface area contributed by atoms with Crippen LogP contribution in [0.1, 0.15) is 6.42 Å². The van der Waals surface area contributed by atoms with Crippen molar-refractivity contribution in [2.75, 3.05) is 18.6 Å². The fourth-order valence-corrected chi connectivity index (χ4v) is 2.17. The Labute approximate surface area is 108 Å². The largest absolute Gasteiger partial charge is 0.493 e. The highest BCUT2D eigenvalue weighted by molar-refractivity contribution is 9.10. The zero-order valence-corrected chi connectivity index (χ0v) is 11.1. The zero-order chi connectivity index (χ0) is 12.4. The molecule has 0 saturated carbocycles. The lowest BCUT2D eigenvalue weighted by Gasteiger charge is -2.17. The summed E-state index contributed by atoms with van der Waals surface area (Å²) in [6, 6.07) is 1.80. The minimum absolute atomic E-state index is 0.0584. The Kier molecular flexibility index (Phi) is 3.47. The van der Waals surface area contributed by atoms with Gasteiger partial charge < -0.3 is 4.74 Å². The first kappa shape index (κ1) is 12.1. The van der Waals surface area contributed by atoms with Gasteiger partial charge in [0.15, 0.2) is 11.6 Å². The van der Waals surface area contributed by atoms with Crippen molar-refractivity contribution in [3.63, 3.8) is 0 Å². The van der Waals surface area contributed by atoms with Crippen LogP contribution in [-0.4, -0.2) is 24.5 Å². The van der Waals surface area contributed by atoms with Gasteiger partial charge in [0.25, 0.3) is 0 Å². The molecule has 2 heterocycles. The van der Waals surface area contributed by atoms with E-state index in [1.807, 2.05) is 6.08 Å². The molecule has 1 atom stereocenters. The molecule has 0 aliphatic carbocycles. The van der Waals surface area contributed by atoms with Crippen molar-refractivity contribution in [1.29, 1.82) is 0 Å². The molecule has 5 heteroatoms. The third kappa shape index (κ3) is 2.34. The van der Waals surface area contributed by atoms with E-state index in [2.05, 4.69) is 27.5 Å². The zero-order valence-electron chi connectivity index (χ0n) is 9.52. The van der Waals surface area contributed by atoms with Gasteiger partial charge >= 0.3 is 0 Å². The smallest absolute Gasteiger partial charge is 0.228 e. The molecule has 17 heavy (non-hydrogen) atoms. The van der Waals surface area contributed by atoms with E-state index in [0.717, 1.165) is 4.47 Å². The second-order valence-electron chi connectivity index (χ2n) is 3.88. The summed E-state index contributed by atoms with van der Waals surface area (Å²) in [5.74, 6) is 1.42. The van der Waals surface area contributed by atoms with E-state index in [0.29, 0.717) is 24.5 Å². The Balaban J connectivity index is 2.34. The summed E-state index contributed by atoms with van der Waals surface area (Å²) in [4.78, 5) is 17.8. The molecule has 1 aliphatic heterocycles. The number of aromatic nitrogens is 1. The highest BCUT2D eigenvalue weighted by atomic mass is 79.9. The second-order valence-corrected chi connectivity index (χ2v) is 4.80. The fraction of sp³-hybridized carbons (Fsp3) is 0.333. The van der Waals surface area contributed by atoms with Gasteiger partial charge in [0.1, 0.15) is 0 Å². The van der Waals surface area contributed by atoms with Gasteiger partial charge in [0.05, 0.1) is 7.11 Å². The lowest BCUT2D eigenvalue weighted by molar-refractivity contribution is -0.117. The van der Waals surface area contributed by atoms with Crippen molar-refractivity contribution in [2.24, 2.45) is 5.92 Å². The minimum atomic E-state index is 0.0584. The quantitative estimate of drug-likeness (QED) is 0.805. The molecule has 1 aromatic heterocycles. The van der Waals surface area contributed by atoms with E-state index in [4.69, 9.17) is 4.74 Å². The van der Waals surface area contributed by atoms with Crippen LogP contribution in [0.25, 0.3) is 0 Å². The van der Waals surface area contributed by atoms with Gasteiger partial charge in [0.2, 0.25) is 5.91 Å². The van der Waals surface area contributed by atoms with Crippen molar-refractivity contribution < 1.29 is 9.53 Å². The predicted octanol–water partition coefficient (Wildman–Crippen LogP) is 2.39. The Bertz CT molecular complexity index is 462. The maximum atomic E-state index is 11.9. The van der Waals surface area contributed by atoms with Crippen LogP contribution in [0.4, 0.5) is 5.82 Å². The summed E-state index contributed by atoms with van der Waals surface area (Å²) in [6.45, 7) is 4.34. The van der Waals surface area contributed by atoms with Crippen molar-refractivity contribution in [3.05, 3.63) is 29.4 Å². The van der Waals surface area contributed by atoms with Gasteiger partial charge in [-0.05, 0) is 22.0 Å². The lowest BCUT2D eigenvalue weighted by atomic mass is 10.1. The minimum Gasteiger partial charge on any atom is -0.493 e. The fourth-order valence-electron chi connectivity index (χ4n) is 1.86. The van der Waals surface area contributed by atoms with Crippen molar-refractivity contribution in [1.82, 2.24) is 4.98 Å². The van der Waals surface area contributed by atoms with Crippen LogP contribution in [0.3, 0.4) is 0 Å². The Morgan fingerprint density at radius 3 is 3.06 bits per heavy atom. The molecule has 0 aromatic carbocycles. The molecule has 2 rings (SSSR count). The molecule has 1 fully saturated rings. The van der Waals surface area contributed by atoms with E-state index in [1.165, 1.54) is 0 Å². The van der Waals surface area contributed by atoms with Crippen LogP contribution in [0, 0.1) is 5.92 Å². The predicted molar refractivity (Wildman–Crippen MR) is 69.1 cm³/mol. The SMILES string of the molecule is C=CC1CC(=O)N(c2ncc(Br)cc2OC)C1. The summed E-state index contributed by atoms with van der Waals surface area (Å²) < 4.78 is 6.07. The van der Waals surface area contributed by atoms with Gasteiger partial charge in [-0.1, -0.05) is 6.08 Å². The third-order valence-electron chi connectivity index (χ3n) is 2.76. The molecule has 1 aliphatic rings. The van der Waals surface area contributed by atoms with Crippen LogP contribution in [0.5, 0.6) is 5.75 Å². The Hall–Kier alpha value is -1.36. The van der Waals surface area contributed by atoms with Crippen LogP contribution >= 0.6 is 15.9 Å². The van der Waals surface area contributed by atoms with E-state index < -0.39 is 0 Å². The topological polar surface area (TPSA) is 42.4 Å². The van der Waals surface area contributed by atoms with Crippen LogP contribution in [0.15, 0.2) is 29.4 Å². The third-order valence-corrected chi connectivity index (χ3v) is 3.20. The average molecular weight is 297 g/mol. The summed E-state index contributed by atoms with van der Waals surface area (Å²) >= 11 is 3.32. The van der Waals surface area contributed by atoms with Gasteiger partial charge in [-0.2, -0.15) is 0 Å². The number of rotatable bonds is 3. The number of amides is 1. The molecule has 90 valence electrons. The molecular formula is C12H13BrN2O2. The number of halogens is 1. The number of anilines is 1. The summed E-state index contributed by atoms with van der Waals surface area (Å²) in [5, 5.41) is 0. The summed E-state index contributed by atoms with van der Waals surface area (Å²) in [6.07, 6.45) is 3.96. The van der Waals surface area contributed by atoms with Crippen molar-refractivity contribution in [3.8, 4) is 5.75 Å². The number of carbonyl (C=O) groups excluding carboxylic acids is 1. The maximum absolute atomic E-state index is 11.9. The average Bonchev–Trinajstić information content (AvgIpc) is 2.70. The molecular weight excluding hydrogens is 284 g/mol. The molecule has 4 nitrogen and oxygen atoms in total. The summed E-state index contributed by atoms with van der Waals surface area (Å²) in [5.41, 5.74) is 0. The van der Waals surface area contributed by atoms with Crippen LogP contribution < -0.4 is 9.64 Å². The van der Waals surface area contributed by atoms with Crippen LogP contribution in [-0.2, 0) is 4.79 Å². The van der Waals surface area contributed by atoms with E-state index in [9.17, 15) is 4.79 Å². The molecule has 1 amide bonds. The van der Waals surface area contributed by atoms with Gasteiger partial charge in [0, 0.05) is 29.6 Å². The molecule has 0 spiro atoms. The number of methoxy groups -OCH3 is 1. The number of carbonyl (C=O) groups is 1. The molecule has 1 unspecified atom stereocenters. The van der Waals surface area contributed by atoms with Crippen molar-refractivity contribution in [2.45, 2.75) is 6.42 Å². The number of hydrogen-bond donors (Lipinski definition) is 0. The first-order valence-corrected chi connectivity index (χ1v) is 6.07. The highest BCUT2D eigenvalue weighted by Gasteiger charge is 2.31. The second kappa shape index (κ2) is 4.87. The first-order chi connectivity index (χ1) is 8.15. The normalized spacial score (nSPS) is 19.5. The Morgan fingerprint density at radius 1 is 1.71 bits per heavy atom. The first-order valence-electron chi connectivity index (χ1n) is 5.28. The van der Waals surface area contributed by atoms with Crippen molar-refractivity contribution >= 4 is 27.7 Å². The van der Waals surface area contributed by atoms with E-state index in [1.54, 1.807) is 24.3 Å². The highest BCUT2D eigenvalue weighted by Crippen LogP contribution is 2.32. The number of pyridine rings is 1. The maximum Gasteiger partial charge on any atom is 0.228 e. The molecule has 1 saturated heterocycles. The van der Waals surface area contributed by atoms with Crippen LogP contribution in [0.2, 0.25) is 0 Å². The Morgan fingerprint density at radius 2 is 2.47 bits per heavy atom. The number of ether oxygens (including phenoxy) is 1. The monoisotopic (exact) mass is 296 g/mol.